The van der Waals surface area contributed by atoms with Crippen LogP contribution in [-0.2, 0) is 9.59 Å². The van der Waals surface area contributed by atoms with Crippen LogP contribution in [-0.4, -0.2) is 70.9 Å². The highest BCUT2D eigenvalue weighted by molar-refractivity contribution is 6.05. The number of aromatic nitrogens is 2. The number of rotatable bonds is 6. The smallest absolute Gasteiger partial charge is 0.233 e. The Morgan fingerprint density at radius 2 is 1.36 bits per heavy atom. The van der Waals surface area contributed by atoms with Gasteiger partial charge < -0.3 is 4.90 Å². The van der Waals surface area contributed by atoms with E-state index in [9.17, 15) is 9.59 Å². The average Bonchev–Trinajstić information content (AvgIpc) is 3.10. The van der Waals surface area contributed by atoms with Crippen molar-refractivity contribution in [1.82, 2.24) is 19.8 Å². The minimum absolute atomic E-state index is 0.0225. The molecule has 7 heteroatoms. The van der Waals surface area contributed by atoms with Gasteiger partial charge in [-0.3, -0.25) is 19.4 Å². The van der Waals surface area contributed by atoms with Crippen LogP contribution in [0.2, 0.25) is 0 Å². The molecule has 0 spiro atoms. The molecule has 1 aromatic rings. The molecule has 2 saturated heterocycles. The van der Waals surface area contributed by atoms with Gasteiger partial charge in [-0.25, -0.2) is 9.97 Å². The number of carbonyl (C=O) groups is 2. The first kappa shape index (κ1) is 22.5. The molecule has 2 amide bonds. The molecule has 7 nitrogen and oxygen atoms in total. The number of likely N-dealkylation sites (tertiary alicyclic amines) is 1. The lowest BCUT2D eigenvalue weighted by Crippen LogP contribution is -2.53. The van der Waals surface area contributed by atoms with Gasteiger partial charge in [0.05, 0.1) is 11.8 Å². The largest absolute Gasteiger partial charge is 0.338 e. The molecule has 178 valence electrons. The van der Waals surface area contributed by atoms with Gasteiger partial charge in [0.25, 0.3) is 0 Å². The second-order valence-electron chi connectivity index (χ2n) is 9.91. The normalized spacial score (nSPS) is 34.5. The summed E-state index contributed by atoms with van der Waals surface area (Å²) in [6, 6.07) is 1.84. The number of hydrogen-bond acceptors (Lipinski definition) is 6. The summed E-state index contributed by atoms with van der Waals surface area (Å²) in [5, 5.41) is 0. The number of carbonyl (C=O) groups excluding carboxylic acids is 2. The van der Waals surface area contributed by atoms with Gasteiger partial charge in [-0.2, -0.15) is 0 Å². The van der Waals surface area contributed by atoms with Gasteiger partial charge in [-0.1, -0.05) is 26.0 Å². The van der Waals surface area contributed by atoms with Gasteiger partial charge in [0, 0.05) is 45.1 Å². The lowest BCUT2D eigenvalue weighted by molar-refractivity contribution is -0.140. The fourth-order valence-electron chi connectivity index (χ4n) is 6.96. The van der Waals surface area contributed by atoms with Crippen molar-refractivity contribution >= 4 is 17.8 Å². The van der Waals surface area contributed by atoms with Crippen molar-refractivity contribution in [3.05, 3.63) is 30.6 Å². The van der Waals surface area contributed by atoms with Crippen LogP contribution in [0.1, 0.15) is 39.5 Å². The van der Waals surface area contributed by atoms with Crippen molar-refractivity contribution in [2.24, 2.45) is 35.5 Å². The molecule has 6 atom stereocenters. The maximum absolute atomic E-state index is 13.1. The molecule has 33 heavy (non-hydrogen) atoms. The third kappa shape index (κ3) is 3.88. The van der Waals surface area contributed by atoms with E-state index in [1.807, 2.05) is 19.9 Å². The standard InChI is InChI=1S/C24H31N5O2.C2H6/c30-22-20-18-6-7-19(17-5-4-16(17)18)21(20)23(31)29(22)11-2-1-10-27-12-14-28(15-13-27)24-25-8-3-9-26-24;1-2/h3-5,8-9,16-21H,1-2,6-7,10-15H2;1-2H3/t16-,17+,18?,19?,20-,21+;. The number of amides is 2. The zero-order valence-electron chi connectivity index (χ0n) is 20.0. The molecular formula is C26H37N5O2. The summed E-state index contributed by atoms with van der Waals surface area (Å²) in [5.74, 6) is 3.00. The van der Waals surface area contributed by atoms with Crippen molar-refractivity contribution in [2.45, 2.75) is 39.5 Å². The number of anilines is 1. The second-order valence-corrected chi connectivity index (χ2v) is 9.91. The summed E-state index contributed by atoms with van der Waals surface area (Å²) in [6.07, 6.45) is 12.3. The summed E-state index contributed by atoms with van der Waals surface area (Å²) >= 11 is 0. The van der Waals surface area contributed by atoms with E-state index >= 15 is 0 Å². The van der Waals surface area contributed by atoms with Crippen molar-refractivity contribution < 1.29 is 9.59 Å². The third-order valence-electron chi connectivity index (χ3n) is 8.55. The number of unbranched alkanes of at least 4 members (excludes halogenated alkanes) is 1. The Hall–Kier alpha value is -2.28. The lowest BCUT2D eigenvalue weighted by atomic mass is 9.47. The van der Waals surface area contributed by atoms with Crippen molar-refractivity contribution in [1.29, 1.82) is 0 Å². The molecule has 0 N–H and O–H groups in total. The number of piperazine rings is 1. The van der Waals surface area contributed by atoms with Gasteiger partial charge in [0.2, 0.25) is 17.8 Å². The number of imide groups is 1. The Morgan fingerprint density at radius 3 is 1.91 bits per heavy atom. The number of allylic oxidation sites excluding steroid dienone is 2. The second kappa shape index (κ2) is 9.53. The molecule has 5 fully saturated rings. The Morgan fingerprint density at radius 1 is 0.818 bits per heavy atom. The minimum Gasteiger partial charge on any atom is -0.338 e. The highest BCUT2D eigenvalue weighted by Gasteiger charge is 2.63. The summed E-state index contributed by atoms with van der Waals surface area (Å²) in [4.78, 5) is 41.3. The fourth-order valence-corrected chi connectivity index (χ4v) is 6.96. The van der Waals surface area contributed by atoms with Crippen LogP contribution in [0.15, 0.2) is 30.6 Å². The van der Waals surface area contributed by atoms with Gasteiger partial charge in [0.15, 0.2) is 0 Å². The quantitative estimate of drug-likeness (QED) is 0.376. The molecule has 2 bridgehead atoms. The van der Waals surface area contributed by atoms with Crippen LogP contribution in [0, 0.1) is 35.5 Å². The van der Waals surface area contributed by atoms with Gasteiger partial charge in [0.1, 0.15) is 0 Å². The van der Waals surface area contributed by atoms with Gasteiger partial charge in [-0.05, 0) is 62.0 Å². The summed E-state index contributed by atoms with van der Waals surface area (Å²) in [6.45, 7) is 9.51. The van der Waals surface area contributed by atoms with Crippen LogP contribution in [0.25, 0.3) is 0 Å². The maximum Gasteiger partial charge on any atom is 0.233 e. The van der Waals surface area contributed by atoms with Crippen LogP contribution in [0.4, 0.5) is 5.95 Å². The van der Waals surface area contributed by atoms with E-state index < -0.39 is 0 Å². The van der Waals surface area contributed by atoms with E-state index in [1.54, 1.807) is 17.3 Å². The molecule has 0 aromatic carbocycles. The third-order valence-corrected chi connectivity index (χ3v) is 8.55. The number of fused-ring (bicyclic) bond motifs is 1. The summed E-state index contributed by atoms with van der Waals surface area (Å²) in [5.41, 5.74) is 0. The SMILES string of the molecule is CC.O=C1[C@@H]2C3CCC([C@H]4C=C[C@@H]34)[C@@H]2C(=O)N1CCCCN1CCN(c2ncccn2)CC1. The summed E-state index contributed by atoms with van der Waals surface area (Å²) in [7, 11) is 0. The van der Waals surface area contributed by atoms with E-state index in [2.05, 4.69) is 31.9 Å². The molecule has 4 aliphatic carbocycles. The van der Waals surface area contributed by atoms with Crippen molar-refractivity contribution in [3.8, 4) is 0 Å². The zero-order chi connectivity index (χ0) is 22.9. The van der Waals surface area contributed by atoms with Crippen LogP contribution < -0.4 is 4.90 Å². The topological polar surface area (TPSA) is 69.6 Å². The molecule has 1 aromatic heterocycles. The van der Waals surface area contributed by atoms with Gasteiger partial charge in [-0.15, -0.1) is 0 Å². The molecule has 3 saturated carbocycles. The molecule has 7 rings (SSSR count). The van der Waals surface area contributed by atoms with Gasteiger partial charge >= 0.3 is 0 Å². The number of nitrogens with zero attached hydrogens (tertiary/aromatic N) is 5. The zero-order valence-corrected chi connectivity index (χ0v) is 20.0. The van der Waals surface area contributed by atoms with E-state index in [4.69, 9.17) is 0 Å². The van der Waals surface area contributed by atoms with Crippen LogP contribution in [0.5, 0.6) is 0 Å². The number of hydrogen-bond donors (Lipinski definition) is 0. The molecular weight excluding hydrogens is 414 g/mol. The van der Waals surface area contributed by atoms with Crippen LogP contribution in [0.3, 0.4) is 0 Å². The Kier molecular flexibility index (Phi) is 6.50. The first-order chi connectivity index (χ1) is 16.2. The van der Waals surface area contributed by atoms with Crippen molar-refractivity contribution in [2.75, 3.05) is 44.2 Å². The highest BCUT2D eigenvalue weighted by atomic mass is 16.2. The predicted molar refractivity (Wildman–Crippen MR) is 127 cm³/mol. The molecule has 6 aliphatic rings. The Bertz CT molecular complexity index is 844. The monoisotopic (exact) mass is 451 g/mol. The summed E-state index contributed by atoms with van der Waals surface area (Å²) < 4.78 is 0. The first-order valence-electron chi connectivity index (χ1n) is 13.0. The van der Waals surface area contributed by atoms with E-state index in [0.717, 1.165) is 64.4 Å². The maximum atomic E-state index is 13.1. The van der Waals surface area contributed by atoms with E-state index in [0.29, 0.717) is 30.2 Å². The minimum atomic E-state index is -0.0225. The molecule has 0 radical (unpaired) electrons. The predicted octanol–water partition coefficient (Wildman–Crippen LogP) is 2.85. The Balaban J connectivity index is 0.00000111. The first-order valence-corrected chi connectivity index (χ1v) is 13.0. The molecule has 2 unspecified atom stereocenters. The molecule has 2 aliphatic heterocycles. The van der Waals surface area contributed by atoms with Crippen LogP contribution >= 0.6 is 0 Å². The molecule has 3 heterocycles. The average molecular weight is 452 g/mol. The Labute approximate surface area is 197 Å². The van der Waals surface area contributed by atoms with E-state index in [-0.39, 0.29) is 23.7 Å². The fraction of sp³-hybridized carbons (Fsp3) is 0.692. The lowest BCUT2D eigenvalue weighted by Gasteiger charge is -2.55. The highest BCUT2D eigenvalue weighted by Crippen LogP contribution is 2.61. The van der Waals surface area contributed by atoms with E-state index in [1.165, 1.54) is 0 Å². The van der Waals surface area contributed by atoms with Crippen molar-refractivity contribution in [3.63, 3.8) is 0 Å².